The predicted octanol–water partition coefficient (Wildman–Crippen LogP) is 2.29. The van der Waals surface area contributed by atoms with Gasteiger partial charge in [0.2, 0.25) is 0 Å². The molecule has 0 spiro atoms. The van der Waals surface area contributed by atoms with Gasteiger partial charge in [-0.05, 0) is 19.4 Å². The summed E-state index contributed by atoms with van der Waals surface area (Å²) in [6.45, 7) is 14.1. The van der Waals surface area contributed by atoms with Gasteiger partial charge in [-0.2, -0.15) is 0 Å². The second kappa shape index (κ2) is 2.63. The predicted molar refractivity (Wildman–Crippen MR) is 49.6 cm³/mol. The van der Waals surface area contributed by atoms with Crippen LogP contribution in [0.3, 0.4) is 0 Å². The van der Waals surface area contributed by atoms with Crippen molar-refractivity contribution in [3.63, 3.8) is 0 Å². The van der Waals surface area contributed by atoms with E-state index in [1.807, 2.05) is 0 Å². The quantitative estimate of drug-likeness (QED) is 0.444. The molecule has 0 N–H and O–H groups in total. The highest BCUT2D eigenvalue weighted by Crippen LogP contribution is 2.45. The van der Waals surface area contributed by atoms with Crippen molar-refractivity contribution < 1.29 is 0 Å². The third-order valence-electron chi connectivity index (χ3n) is 2.87. The SMILES string of the molecule is C=CC1(C)C(C(C)C)N1CC. The Morgan fingerprint density at radius 1 is 1.64 bits per heavy atom. The summed E-state index contributed by atoms with van der Waals surface area (Å²) < 4.78 is 0. The fourth-order valence-electron chi connectivity index (χ4n) is 2.31. The highest BCUT2D eigenvalue weighted by atomic mass is 15.4. The zero-order valence-electron chi connectivity index (χ0n) is 8.09. The van der Waals surface area contributed by atoms with E-state index in [1.165, 1.54) is 0 Å². The lowest BCUT2D eigenvalue weighted by Crippen LogP contribution is -2.10. The number of nitrogens with zero attached hydrogens (tertiary/aromatic N) is 1. The molecular formula is C10H19N. The third kappa shape index (κ3) is 1.12. The van der Waals surface area contributed by atoms with Crippen molar-refractivity contribution in [1.29, 1.82) is 0 Å². The van der Waals surface area contributed by atoms with Crippen molar-refractivity contribution >= 4 is 0 Å². The molecule has 0 saturated carbocycles. The molecule has 3 atom stereocenters. The van der Waals surface area contributed by atoms with Gasteiger partial charge in [0.25, 0.3) is 0 Å². The van der Waals surface area contributed by atoms with Gasteiger partial charge in [-0.1, -0.05) is 26.8 Å². The van der Waals surface area contributed by atoms with E-state index in [0.717, 1.165) is 18.5 Å². The minimum atomic E-state index is 0.295. The Bertz CT molecular complexity index is 162. The van der Waals surface area contributed by atoms with Gasteiger partial charge in [-0.3, -0.25) is 4.90 Å². The molecule has 0 bridgehead atoms. The highest BCUT2D eigenvalue weighted by Gasteiger charge is 2.56. The maximum absolute atomic E-state index is 3.88. The second-order valence-corrected chi connectivity index (χ2v) is 3.90. The van der Waals surface area contributed by atoms with Crippen molar-refractivity contribution in [1.82, 2.24) is 4.90 Å². The van der Waals surface area contributed by atoms with Crippen LogP contribution in [0.2, 0.25) is 0 Å². The highest BCUT2D eigenvalue weighted by molar-refractivity contribution is 5.23. The first-order valence-electron chi connectivity index (χ1n) is 4.48. The summed E-state index contributed by atoms with van der Waals surface area (Å²) in [5.74, 6) is 0.748. The molecule has 3 unspecified atom stereocenters. The fraction of sp³-hybridized carbons (Fsp3) is 0.800. The molecule has 1 fully saturated rings. The van der Waals surface area contributed by atoms with Crippen molar-refractivity contribution in [2.45, 2.75) is 39.3 Å². The monoisotopic (exact) mass is 153 g/mol. The molecule has 0 radical (unpaired) electrons. The largest absolute Gasteiger partial charge is 0.288 e. The summed E-state index contributed by atoms with van der Waals surface area (Å²) in [4.78, 5) is 2.49. The van der Waals surface area contributed by atoms with Crippen LogP contribution < -0.4 is 0 Å². The van der Waals surface area contributed by atoms with E-state index in [-0.39, 0.29) is 0 Å². The van der Waals surface area contributed by atoms with Gasteiger partial charge in [0.1, 0.15) is 0 Å². The first-order chi connectivity index (χ1) is 5.07. The lowest BCUT2D eigenvalue weighted by Gasteiger charge is -2.02. The first kappa shape index (κ1) is 8.79. The molecule has 64 valence electrons. The second-order valence-electron chi connectivity index (χ2n) is 3.90. The molecule has 1 aliphatic heterocycles. The maximum Gasteiger partial charge on any atom is 0.0522 e. The molecule has 1 rings (SSSR count). The summed E-state index contributed by atoms with van der Waals surface area (Å²) in [6.07, 6.45) is 2.08. The zero-order chi connectivity index (χ0) is 8.65. The summed E-state index contributed by atoms with van der Waals surface area (Å²) in [5.41, 5.74) is 0.295. The Hall–Kier alpha value is -0.300. The number of rotatable bonds is 3. The van der Waals surface area contributed by atoms with Gasteiger partial charge in [0.05, 0.1) is 5.54 Å². The normalized spacial score (nSPS) is 42.6. The minimum Gasteiger partial charge on any atom is -0.288 e. The van der Waals surface area contributed by atoms with Gasteiger partial charge >= 0.3 is 0 Å². The van der Waals surface area contributed by atoms with Crippen molar-refractivity contribution in [3.8, 4) is 0 Å². The van der Waals surface area contributed by atoms with E-state index in [0.29, 0.717) is 5.54 Å². The van der Waals surface area contributed by atoms with E-state index in [9.17, 15) is 0 Å². The van der Waals surface area contributed by atoms with Crippen LogP contribution in [0.15, 0.2) is 12.7 Å². The lowest BCUT2D eigenvalue weighted by molar-refractivity contribution is 0.445. The van der Waals surface area contributed by atoms with Gasteiger partial charge < -0.3 is 0 Å². The smallest absolute Gasteiger partial charge is 0.0522 e. The Kier molecular flexibility index (Phi) is 2.10. The summed E-state index contributed by atoms with van der Waals surface area (Å²) >= 11 is 0. The number of likely N-dealkylation sites (N-methyl/N-ethyl adjacent to an activating group) is 1. The molecular weight excluding hydrogens is 134 g/mol. The molecule has 1 nitrogen and oxygen atoms in total. The summed E-state index contributed by atoms with van der Waals surface area (Å²) in [6, 6.07) is 0.727. The van der Waals surface area contributed by atoms with Gasteiger partial charge in [0, 0.05) is 6.04 Å². The van der Waals surface area contributed by atoms with Crippen LogP contribution >= 0.6 is 0 Å². The Morgan fingerprint density at radius 3 is 2.27 bits per heavy atom. The Labute approximate surface area is 70.1 Å². The van der Waals surface area contributed by atoms with Crippen molar-refractivity contribution in [2.24, 2.45) is 5.92 Å². The Balaban J connectivity index is 2.66. The van der Waals surface area contributed by atoms with Crippen molar-refractivity contribution in [3.05, 3.63) is 12.7 Å². The van der Waals surface area contributed by atoms with Crippen LogP contribution in [0, 0.1) is 5.92 Å². The maximum atomic E-state index is 3.88. The summed E-state index contributed by atoms with van der Waals surface area (Å²) in [5, 5.41) is 0. The van der Waals surface area contributed by atoms with Crippen LogP contribution in [0.1, 0.15) is 27.7 Å². The van der Waals surface area contributed by atoms with Crippen LogP contribution in [0.4, 0.5) is 0 Å². The van der Waals surface area contributed by atoms with Crippen LogP contribution in [0.5, 0.6) is 0 Å². The molecule has 1 saturated heterocycles. The van der Waals surface area contributed by atoms with E-state index in [4.69, 9.17) is 0 Å². The topological polar surface area (TPSA) is 3.01 Å². The number of hydrogen-bond donors (Lipinski definition) is 0. The molecule has 0 amide bonds. The molecule has 1 heteroatoms. The van der Waals surface area contributed by atoms with Gasteiger partial charge in [0.15, 0.2) is 0 Å². The van der Waals surface area contributed by atoms with E-state index < -0.39 is 0 Å². The van der Waals surface area contributed by atoms with Crippen LogP contribution in [0.25, 0.3) is 0 Å². The molecule has 0 aliphatic carbocycles. The van der Waals surface area contributed by atoms with E-state index in [1.54, 1.807) is 0 Å². The minimum absolute atomic E-state index is 0.295. The standard InChI is InChI=1S/C10H19N/c1-6-10(5)9(8(3)4)11(10)7-2/h6,8-9H,1,7H2,2-5H3. The fourth-order valence-corrected chi connectivity index (χ4v) is 2.31. The lowest BCUT2D eigenvalue weighted by atomic mass is 9.99. The first-order valence-corrected chi connectivity index (χ1v) is 4.48. The van der Waals surface area contributed by atoms with E-state index in [2.05, 4.69) is 45.2 Å². The third-order valence-corrected chi connectivity index (χ3v) is 2.87. The molecule has 0 aromatic rings. The molecule has 11 heavy (non-hydrogen) atoms. The molecule has 1 aliphatic rings. The van der Waals surface area contributed by atoms with Crippen molar-refractivity contribution in [2.75, 3.05) is 6.54 Å². The van der Waals surface area contributed by atoms with Gasteiger partial charge in [-0.25, -0.2) is 0 Å². The molecule has 1 heterocycles. The zero-order valence-corrected chi connectivity index (χ0v) is 8.09. The van der Waals surface area contributed by atoms with Crippen LogP contribution in [-0.4, -0.2) is 23.0 Å². The van der Waals surface area contributed by atoms with Gasteiger partial charge in [-0.15, -0.1) is 6.58 Å². The molecule has 0 aromatic carbocycles. The number of hydrogen-bond acceptors (Lipinski definition) is 1. The summed E-state index contributed by atoms with van der Waals surface area (Å²) in [7, 11) is 0. The molecule has 0 aromatic heterocycles. The Morgan fingerprint density at radius 2 is 2.18 bits per heavy atom. The average Bonchev–Trinajstić information content (AvgIpc) is 2.57. The van der Waals surface area contributed by atoms with Crippen LogP contribution in [-0.2, 0) is 0 Å². The average molecular weight is 153 g/mol. The van der Waals surface area contributed by atoms with E-state index >= 15 is 0 Å².